The summed E-state index contributed by atoms with van der Waals surface area (Å²) in [7, 11) is -9.28. The predicted molar refractivity (Wildman–Crippen MR) is 40.3 cm³/mol. The molecule has 0 aromatic heterocycles. The molecule has 0 saturated carbocycles. The van der Waals surface area contributed by atoms with E-state index in [0.29, 0.717) is 0 Å². The third kappa shape index (κ3) is 96100. The number of rotatable bonds is 0. The molecule has 0 atom stereocenters. The van der Waals surface area contributed by atoms with Crippen LogP contribution in [0.5, 0.6) is 0 Å². The summed E-state index contributed by atoms with van der Waals surface area (Å²) in [6, 6.07) is 0. The largest absolute Gasteiger partial charge is 0.466 e. The van der Waals surface area contributed by atoms with Gasteiger partial charge in [-0.3, -0.25) is 0 Å². The average Bonchev–Trinajstić information content (AvgIpc) is 1.52. The Morgan fingerprint density at radius 1 is 0.846 bits per heavy atom. The molecule has 0 aromatic carbocycles. The fraction of sp³-hybridized carbons (Fsp3) is 0.500. The van der Waals surface area contributed by atoms with Gasteiger partial charge < -0.3 is 34.2 Å². The first-order chi connectivity index (χ1) is 5.41. The van der Waals surface area contributed by atoms with E-state index in [1.807, 2.05) is 0 Å². The average molecular weight is 240 g/mol. The molecular formula is C2H10O9P2. The van der Waals surface area contributed by atoms with Crippen molar-refractivity contribution in [3.05, 3.63) is 0 Å². The minimum absolute atomic E-state index is 0.750. The zero-order valence-electron chi connectivity index (χ0n) is 6.38. The van der Waals surface area contributed by atoms with Gasteiger partial charge >= 0.3 is 15.6 Å². The summed E-state index contributed by atoms with van der Waals surface area (Å²) < 4.78 is 17.8. The number of aldehydes is 1. The Bertz CT molecular complexity index is 161. The van der Waals surface area contributed by atoms with E-state index in [1.54, 1.807) is 0 Å². The Morgan fingerprint density at radius 3 is 0.846 bits per heavy atom. The van der Waals surface area contributed by atoms with Crippen molar-refractivity contribution in [1.82, 2.24) is 0 Å². The van der Waals surface area contributed by atoms with Crippen molar-refractivity contribution < 1.29 is 43.3 Å². The molecule has 0 aliphatic carbocycles. The smallest absolute Gasteiger partial charge is 0.304 e. The Hall–Kier alpha value is -0.110. The van der Waals surface area contributed by atoms with Crippen LogP contribution in [0.15, 0.2) is 0 Å². The predicted octanol–water partition coefficient (Wildman–Crippen LogP) is -1.65. The lowest BCUT2D eigenvalue weighted by atomic mass is 11.0. The number of carbonyl (C=O) groups is 1. The van der Waals surface area contributed by atoms with Gasteiger partial charge in [0.2, 0.25) is 0 Å². The molecule has 0 amide bonds. The molecule has 0 spiro atoms. The zero-order valence-corrected chi connectivity index (χ0v) is 8.17. The van der Waals surface area contributed by atoms with Gasteiger partial charge in [-0.25, -0.2) is 9.13 Å². The van der Waals surface area contributed by atoms with Crippen LogP contribution in [0.2, 0.25) is 0 Å². The van der Waals surface area contributed by atoms with Gasteiger partial charge in [0, 0.05) is 0 Å². The maximum absolute atomic E-state index is 8.88. The second-order valence-corrected chi connectivity index (χ2v) is 3.32. The zero-order chi connectivity index (χ0) is 11.7. The van der Waals surface area contributed by atoms with Crippen molar-refractivity contribution in [1.29, 1.82) is 0 Å². The number of phosphoric acid groups is 2. The Morgan fingerprint density at radius 2 is 0.846 bits per heavy atom. The molecule has 11 heteroatoms. The van der Waals surface area contributed by atoms with E-state index in [2.05, 4.69) is 0 Å². The Labute approximate surface area is 73.1 Å². The monoisotopic (exact) mass is 240 g/mol. The van der Waals surface area contributed by atoms with Crippen molar-refractivity contribution in [2.75, 3.05) is 0 Å². The van der Waals surface area contributed by atoms with Gasteiger partial charge in [-0.15, -0.1) is 0 Å². The quantitative estimate of drug-likeness (QED) is 0.214. The maximum atomic E-state index is 8.88. The third-order valence-corrected chi connectivity index (χ3v) is 0. The van der Waals surface area contributed by atoms with E-state index in [-0.39, 0.29) is 0 Å². The van der Waals surface area contributed by atoms with E-state index in [4.69, 9.17) is 43.3 Å². The van der Waals surface area contributed by atoms with Crippen LogP contribution >= 0.6 is 15.6 Å². The topological polar surface area (TPSA) is 173 Å². The fourth-order valence-corrected chi connectivity index (χ4v) is 0. The molecule has 0 heterocycles. The molecule has 0 bridgehead atoms. The molecule has 0 saturated heterocycles. The van der Waals surface area contributed by atoms with Gasteiger partial charge in [0.1, 0.15) is 6.29 Å². The summed E-state index contributed by atoms with van der Waals surface area (Å²) in [5, 5.41) is 0. The van der Waals surface area contributed by atoms with E-state index in [0.717, 1.165) is 6.29 Å². The van der Waals surface area contributed by atoms with Gasteiger partial charge in [-0.05, 0) is 6.92 Å². The molecular weight excluding hydrogens is 230 g/mol. The fourth-order valence-electron chi connectivity index (χ4n) is 0. The molecule has 0 aromatic rings. The summed E-state index contributed by atoms with van der Waals surface area (Å²) in [6.45, 7) is 1.44. The lowest BCUT2D eigenvalue weighted by Crippen LogP contribution is -1.66. The molecule has 0 fully saturated rings. The lowest BCUT2D eigenvalue weighted by Gasteiger charge is -1.82. The first-order valence-electron chi connectivity index (χ1n) is 2.38. The van der Waals surface area contributed by atoms with Crippen LogP contribution in [0.25, 0.3) is 0 Å². The molecule has 0 rings (SSSR count). The van der Waals surface area contributed by atoms with E-state index in [9.17, 15) is 0 Å². The molecule has 13 heavy (non-hydrogen) atoms. The van der Waals surface area contributed by atoms with Gasteiger partial charge in [0.25, 0.3) is 0 Å². The normalized spacial score (nSPS) is 10.1. The second-order valence-electron chi connectivity index (χ2n) is 1.26. The lowest BCUT2D eigenvalue weighted by molar-refractivity contribution is -0.106. The van der Waals surface area contributed by atoms with Crippen LogP contribution in [0.4, 0.5) is 0 Å². The van der Waals surface area contributed by atoms with Crippen LogP contribution in [-0.4, -0.2) is 35.6 Å². The summed E-state index contributed by atoms with van der Waals surface area (Å²) >= 11 is 0. The van der Waals surface area contributed by atoms with Crippen LogP contribution < -0.4 is 0 Å². The van der Waals surface area contributed by atoms with Crippen molar-refractivity contribution >= 4 is 21.9 Å². The summed E-state index contributed by atoms with van der Waals surface area (Å²) in [5.41, 5.74) is 0. The standard InChI is InChI=1S/C2H4O.2H3O4P/c1-2-3;2*1-5(2,3)4/h2H,1H3;2*(H3,1,2,3,4). The van der Waals surface area contributed by atoms with E-state index >= 15 is 0 Å². The number of hydrogen-bond acceptors (Lipinski definition) is 3. The van der Waals surface area contributed by atoms with Gasteiger partial charge in [0.15, 0.2) is 0 Å². The van der Waals surface area contributed by atoms with Crippen molar-refractivity contribution in [2.45, 2.75) is 6.92 Å². The van der Waals surface area contributed by atoms with Crippen molar-refractivity contribution in [3.63, 3.8) is 0 Å². The molecule has 9 nitrogen and oxygen atoms in total. The Kier molecular flexibility index (Phi) is 12.2. The molecule has 82 valence electrons. The third-order valence-electron chi connectivity index (χ3n) is 0. The van der Waals surface area contributed by atoms with Crippen molar-refractivity contribution in [2.24, 2.45) is 0 Å². The van der Waals surface area contributed by atoms with Crippen molar-refractivity contribution in [3.8, 4) is 0 Å². The van der Waals surface area contributed by atoms with Gasteiger partial charge in [-0.2, -0.15) is 0 Å². The molecule has 0 unspecified atom stereocenters. The summed E-state index contributed by atoms with van der Waals surface area (Å²) in [4.78, 5) is 51.9. The van der Waals surface area contributed by atoms with Gasteiger partial charge in [-0.1, -0.05) is 0 Å². The van der Waals surface area contributed by atoms with E-state index < -0.39 is 15.6 Å². The summed E-state index contributed by atoms with van der Waals surface area (Å²) in [5.74, 6) is 0. The first kappa shape index (κ1) is 18.6. The second kappa shape index (κ2) is 8.49. The molecule has 6 N–H and O–H groups in total. The molecule has 0 aliphatic heterocycles. The first-order valence-corrected chi connectivity index (χ1v) is 5.51. The highest BCUT2D eigenvalue weighted by Crippen LogP contribution is 2.26. The highest BCUT2D eigenvalue weighted by molar-refractivity contribution is 7.45. The highest BCUT2D eigenvalue weighted by atomic mass is 31.2. The highest BCUT2D eigenvalue weighted by Gasteiger charge is 2.00. The Balaban J connectivity index is -0.000000120. The minimum Gasteiger partial charge on any atom is -0.304 e. The minimum atomic E-state index is -4.64. The molecule has 0 aliphatic rings. The number of carbonyl (C=O) groups excluding carboxylic acids is 1. The molecule has 0 radical (unpaired) electrons. The SMILES string of the molecule is CC=O.O=P(O)(O)O.O=P(O)(O)O. The van der Waals surface area contributed by atoms with Crippen LogP contribution in [0, 0.1) is 0 Å². The maximum Gasteiger partial charge on any atom is 0.466 e. The van der Waals surface area contributed by atoms with Gasteiger partial charge in [0.05, 0.1) is 0 Å². The summed E-state index contributed by atoms with van der Waals surface area (Å²) in [6.07, 6.45) is 0.750. The number of hydrogen-bond donors (Lipinski definition) is 6. The van der Waals surface area contributed by atoms with Crippen LogP contribution in [0.1, 0.15) is 6.92 Å². The van der Waals surface area contributed by atoms with Crippen LogP contribution in [0.3, 0.4) is 0 Å². The van der Waals surface area contributed by atoms with E-state index in [1.165, 1.54) is 6.92 Å². The van der Waals surface area contributed by atoms with Crippen LogP contribution in [-0.2, 0) is 13.9 Å².